The van der Waals surface area contributed by atoms with Crippen molar-refractivity contribution in [1.29, 1.82) is 0 Å². The number of hydrogen-bond acceptors (Lipinski definition) is 3. The topological polar surface area (TPSA) is 64.3 Å². The van der Waals surface area contributed by atoms with Gasteiger partial charge in [0.25, 0.3) is 0 Å². The number of ether oxygens (including phenoxy) is 1. The summed E-state index contributed by atoms with van der Waals surface area (Å²) in [6.45, 7) is 0.573. The monoisotopic (exact) mass is 346 g/mol. The zero-order valence-electron chi connectivity index (χ0n) is 12.9. The molecule has 1 aliphatic rings. The summed E-state index contributed by atoms with van der Waals surface area (Å²) in [5.74, 6) is 0.601. The summed E-state index contributed by atoms with van der Waals surface area (Å²) in [4.78, 5) is 12.3. The van der Waals surface area contributed by atoms with Gasteiger partial charge in [0.05, 0.1) is 12.1 Å². The van der Waals surface area contributed by atoms with Gasteiger partial charge in [0, 0.05) is 12.1 Å². The van der Waals surface area contributed by atoms with Gasteiger partial charge in [-0.3, -0.25) is 4.79 Å². The van der Waals surface area contributed by atoms with E-state index < -0.39 is 0 Å². The van der Waals surface area contributed by atoms with Gasteiger partial charge in [-0.15, -0.1) is 12.4 Å². The lowest BCUT2D eigenvalue weighted by Crippen LogP contribution is -2.36. The first-order valence-electron chi connectivity index (χ1n) is 7.42. The highest BCUT2D eigenvalue weighted by molar-refractivity contribution is 6.32. The van der Waals surface area contributed by atoms with Crippen molar-refractivity contribution in [3.63, 3.8) is 0 Å². The molecule has 0 aromatic heterocycles. The minimum atomic E-state index is -0.0292. The Hall–Kier alpha value is -0.970. The Bertz CT molecular complexity index is 503. The number of amides is 1. The van der Waals surface area contributed by atoms with Gasteiger partial charge in [0.2, 0.25) is 5.91 Å². The molecule has 124 valence electrons. The molecule has 1 saturated carbocycles. The number of benzene rings is 1. The van der Waals surface area contributed by atoms with Crippen LogP contribution in [0, 0.1) is 5.41 Å². The van der Waals surface area contributed by atoms with E-state index >= 15 is 0 Å². The number of nitrogens with two attached hydrogens (primary N) is 1. The highest BCUT2D eigenvalue weighted by Crippen LogP contribution is 2.38. The van der Waals surface area contributed by atoms with Crippen molar-refractivity contribution in [3.05, 3.63) is 23.2 Å². The van der Waals surface area contributed by atoms with E-state index in [0.29, 0.717) is 29.4 Å². The summed E-state index contributed by atoms with van der Waals surface area (Å²) in [6, 6.07) is 5.24. The van der Waals surface area contributed by atoms with Crippen LogP contribution in [0.1, 0.15) is 38.5 Å². The first-order chi connectivity index (χ1) is 10.1. The maximum Gasteiger partial charge on any atom is 0.224 e. The van der Waals surface area contributed by atoms with Crippen LogP contribution < -0.4 is 15.8 Å². The molecule has 3 N–H and O–H groups in total. The van der Waals surface area contributed by atoms with Gasteiger partial charge in [-0.25, -0.2) is 0 Å². The number of carbonyl (C=O) groups is 1. The zero-order valence-corrected chi connectivity index (χ0v) is 14.4. The molecule has 1 fully saturated rings. The molecule has 22 heavy (non-hydrogen) atoms. The molecule has 4 nitrogen and oxygen atoms in total. The summed E-state index contributed by atoms with van der Waals surface area (Å²) in [7, 11) is 1.56. The van der Waals surface area contributed by atoms with Gasteiger partial charge >= 0.3 is 0 Å². The predicted molar refractivity (Wildman–Crippen MR) is 93.1 cm³/mol. The summed E-state index contributed by atoms with van der Waals surface area (Å²) < 4.78 is 5.10. The number of halogens is 2. The van der Waals surface area contributed by atoms with Crippen LogP contribution in [0.4, 0.5) is 5.69 Å². The minimum absolute atomic E-state index is 0. The van der Waals surface area contributed by atoms with Crippen LogP contribution in [0.25, 0.3) is 0 Å². The van der Waals surface area contributed by atoms with Gasteiger partial charge in [-0.05, 0) is 43.0 Å². The van der Waals surface area contributed by atoms with Gasteiger partial charge in [0.15, 0.2) is 0 Å². The molecular formula is C16H24Cl2N2O2. The molecule has 0 bridgehead atoms. The molecule has 6 heteroatoms. The highest BCUT2D eigenvalue weighted by atomic mass is 35.5. The van der Waals surface area contributed by atoms with Crippen molar-refractivity contribution in [3.8, 4) is 5.75 Å². The SMILES string of the molecule is COc1ccc(NC(=O)CC2(CN)CCCCC2)cc1Cl.Cl. The average Bonchev–Trinajstić information content (AvgIpc) is 2.48. The maximum absolute atomic E-state index is 12.3. The summed E-state index contributed by atoms with van der Waals surface area (Å²) in [5, 5.41) is 3.39. The first kappa shape index (κ1) is 19.1. The van der Waals surface area contributed by atoms with E-state index in [1.807, 2.05) is 0 Å². The molecule has 0 heterocycles. The van der Waals surface area contributed by atoms with Crippen molar-refractivity contribution in [2.75, 3.05) is 19.0 Å². The largest absolute Gasteiger partial charge is 0.495 e. The Morgan fingerprint density at radius 3 is 2.59 bits per heavy atom. The molecule has 0 spiro atoms. The molecule has 2 rings (SSSR count). The van der Waals surface area contributed by atoms with Gasteiger partial charge < -0.3 is 15.8 Å². The second kappa shape index (κ2) is 8.61. The third-order valence-corrected chi connectivity index (χ3v) is 4.61. The number of anilines is 1. The number of hydrogen-bond donors (Lipinski definition) is 2. The Balaban J connectivity index is 0.00000242. The molecule has 1 aromatic rings. The minimum Gasteiger partial charge on any atom is -0.495 e. The molecular weight excluding hydrogens is 323 g/mol. The van der Waals surface area contributed by atoms with E-state index in [4.69, 9.17) is 22.1 Å². The molecule has 0 aliphatic heterocycles. The van der Waals surface area contributed by atoms with Crippen molar-refractivity contribution in [1.82, 2.24) is 0 Å². The summed E-state index contributed by atoms with van der Waals surface area (Å²) >= 11 is 6.06. The van der Waals surface area contributed by atoms with E-state index in [1.165, 1.54) is 19.3 Å². The molecule has 1 aliphatic carbocycles. The second-order valence-electron chi connectivity index (χ2n) is 5.84. The fraction of sp³-hybridized carbons (Fsp3) is 0.562. The molecule has 1 aromatic carbocycles. The van der Waals surface area contributed by atoms with Crippen LogP contribution in [0.5, 0.6) is 5.75 Å². The van der Waals surface area contributed by atoms with Crippen LogP contribution in [0.3, 0.4) is 0 Å². The van der Waals surface area contributed by atoms with Crippen molar-refractivity contribution in [2.45, 2.75) is 38.5 Å². The smallest absolute Gasteiger partial charge is 0.224 e. The molecule has 1 amide bonds. The van der Waals surface area contributed by atoms with Crippen molar-refractivity contribution < 1.29 is 9.53 Å². The Morgan fingerprint density at radius 2 is 2.05 bits per heavy atom. The maximum atomic E-state index is 12.3. The fourth-order valence-electron chi connectivity index (χ4n) is 3.04. The van der Waals surface area contributed by atoms with E-state index in [-0.39, 0.29) is 23.7 Å². The standard InChI is InChI=1S/C16H23ClN2O2.ClH/c1-21-14-6-5-12(9-13(14)17)19-15(20)10-16(11-18)7-3-2-4-8-16;/h5-6,9H,2-4,7-8,10-11,18H2,1H3,(H,19,20);1H. The van der Waals surface area contributed by atoms with E-state index in [1.54, 1.807) is 25.3 Å². The van der Waals surface area contributed by atoms with Crippen LogP contribution in [0.15, 0.2) is 18.2 Å². The Labute approximate surface area is 143 Å². The second-order valence-corrected chi connectivity index (χ2v) is 6.25. The van der Waals surface area contributed by atoms with E-state index in [2.05, 4.69) is 5.32 Å². The van der Waals surface area contributed by atoms with Crippen LogP contribution in [-0.4, -0.2) is 19.6 Å². The van der Waals surface area contributed by atoms with Crippen molar-refractivity contribution >= 4 is 35.6 Å². The van der Waals surface area contributed by atoms with Gasteiger partial charge in [0.1, 0.15) is 5.75 Å². The number of methoxy groups -OCH3 is 1. The summed E-state index contributed by atoms with van der Waals surface area (Å²) in [5.41, 5.74) is 6.58. The third kappa shape index (κ3) is 4.77. The van der Waals surface area contributed by atoms with Crippen molar-refractivity contribution in [2.24, 2.45) is 11.1 Å². The number of carbonyl (C=O) groups excluding carboxylic acids is 1. The normalized spacial score (nSPS) is 16.5. The number of rotatable bonds is 5. The predicted octanol–water partition coefficient (Wildman–Crippen LogP) is 4.01. The molecule has 0 atom stereocenters. The quantitative estimate of drug-likeness (QED) is 0.846. The van der Waals surface area contributed by atoms with E-state index in [0.717, 1.165) is 12.8 Å². The Kier molecular flexibility index (Phi) is 7.46. The first-order valence-corrected chi connectivity index (χ1v) is 7.80. The number of nitrogens with one attached hydrogen (secondary N) is 1. The highest BCUT2D eigenvalue weighted by Gasteiger charge is 2.32. The van der Waals surface area contributed by atoms with Gasteiger partial charge in [-0.1, -0.05) is 30.9 Å². The lowest BCUT2D eigenvalue weighted by atomic mass is 9.71. The molecule has 0 unspecified atom stereocenters. The van der Waals surface area contributed by atoms with Crippen LogP contribution in [-0.2, 0) is 4.79 Å². The average molecular weight is 347 g/mol. The lowest BCUT2D eigenvalue weighted by molar-refractivity contribution is -0.118. The molecule has 0 radical (unpaired) electrons. The zero-order chi connectivity index (χ0) is 15.3. The lowest BCUT2D eigenvalue weighted by Gasteiger charge is -2.35. The summed E-state index contributed by atoms with van der Waals surface area (Å²) in [6.07, 6.45) is 6.14. The van der Waals surface area contributed by atoms with Crippen LogP contribution >= 0.6 is 24.0 Å². The van der Waals surface area contributed by atoms with Gasteiger partial charge in [-0.2, -0.15) is 0 Å². The van der Waals surface area contributed by atoms with Crippen LogP contribution in [0.2, 0.25) is 5.02 Å². The molecule has 0 saturated heterocycles. The fourth-order valence-corrected chi connectivity index (χ4v) is 3.30. The third-order valence-electron chi connectivity index (χ3n) is 4.32. The van der Waals surface area contributed by atoms with E-state index in [9.17, 15) is 4.79 Å². The Morgan fingerprint density at radius 1 is 1.36 bits per heavy atom.